The Morgan fingerprint density at radius 3 is 3.21 bits per heavy atom. The molecule has 3 heteroatoms. The van der Waals surface area contributed by atoms with Crippen LogP contribution in [0.3, 0.4) is 0 Å². The van der Waals surface area contributed by atoms with Crippen molar-refractivity contribution in [3.63, 3.8) is 0 Å². The zero-order chi connectivity index (χ0) is 9.97. The van der Waals surface area contributed by atoms with Crippen molar-refractivity contribution in [2.24, 2.45) is 5.73 Å². The quantitative estimate of drug-likeness (QED) is 0.776. The zero-order valence-corrected chi connectivity index (χ0v) is 8.32. The lowest BCUT2D eigenvalue weighted by atomic mass is 9.99. The molecule has 1 atom stereocenters. The van der Waals surface area contributed by atoms with E-state index < -0.39 is 0 Å². The molecule has 76 valence electrons. The predicted octanol–water partition coefficient (Wildman–Crippen LogP) is 1.62. The zero-order valence-electron chi connectivity index (χ0n) is 8.32. The molecule has 0 saturated heterocycles. The van der Waals surface area contributed by atoms with E-state index in [9.17, 15) is 0 Å². The van der Waals surface area contributed by atoms with E-state index in [-0.39, 0.29) is 6.04 Å². The summed E-state index contributed by atoms with van der Waals surface area (Å²) in [7, 11) is 0. The number of benzene rings is 1. The molecular weight excluding hydrogens is 178 g/mol. The Bertz CT molecular complexity index is 325. The van der Waals surface area contributed by atoms with Gasteiger partial charge in [0, 0.05) is 0 Å². The summed E-state index contributed by atoms with van der Waals surface area (Å²) in [5.74, 6) is 0.892. The van der Waals surface area contributed by atoms with Crippen LogP contribution in [0.15, 0.2) is 18.2 Å². The lowest BCUT2D eigenvalue weighted by Gasteiger charge is -2.23. The first kappa shape index (κ1) is 9.49. The molecule has 0 saturated carbocycles. The van der Waals surface area contributed by atoms with Gasteiger partial charge in [-0.25, -0.2) is 0 Å². The molecule has 1 aliphatic rings. The van der Waals surface area contributed by atoms with Crippen LogP contribution in [0.4, 0.5) is 0 Å². The van der Waals surface area contributed by atoms with Crippen LogP contribution in [-0.2, 0) is 11.3 Å². The fourth-order valence-electron chi connectivity index (χ4n) is 1.69. The maximum Gasteiger partial charge on any atom is 0.119 e. The van der Waals surface area contributed by atoms with Gasteiger partial charge in [0.1, 0.15) is 5.75 Å². The summed E-state index contributed by atoms with van der Waals surface area (Å²) >= 11 is 0. The molecule has 2 N–H and O–H groups in total. The van der Waals surface area contributed by atoms with Crippen molar-refractivity contribution < 1.29 is 9.47 Å². The maximum atomic E-state index is 5.93. The number of fused-ring (bicyclic) bond motifs is 1. The van der Waals surface area contributed by atoms with Crippen molar-refractivity contribution >= 4 is 0 Å². The van der Waals surface area contributed by atoms with Gasteiger partial charge in [0.05, 0.1) is 25.9 Å². The molecule has 1 heterocycles. The van der Waals surface area contributed by atoms with Crippen LogP contribution < -0.4 is 10.5 Å². The Kier molecular flexibility index (Phi) is 2.70. The molecule has 0 aliphatic carbocycles. The number of hydrogen-bond acceptors (Lipinski definition) is 3. The van der Waals surface area contributed by atoms with Crippen molar-refractivity contribution in [1.29, 1.82) is 0 Å². The molecule has 2 rings (SSSR count). The molecule has 1 aromatic rings. The van der Waals surface area contributed by atoms with E-state index in [0.717, 1.165) is 11.3 Å². The molecule has 0 bridgehead atoms. The van der Waals surface area contributed by atoms with E-state index in [4.69, 9.17) is 15.2 Å². The van der Waals surface area contributed by atoms with Crippen molar-refractivity contribution in [3.8, 4) is 5.75 Å². The summed E-state index contributed by atoms with van der Waals surface area (Å²) in [5, 5.41) is 0. The Labute approximate surface area is 83.8 Å². The molecule has 0 radical (unpaired) electrons. The van der Waals surface area contributed by atoms with Crippen LogP contribution >= 0.6 is 0 Å². The maximum absolute atomic E-state index is 5.93. The molecule has 3 nitrogen and oxygen atoms in total. The van der Waals surface area contributed by atoms with Crippen LogP contribution in [0.25, 0.3) is 0 Å². The van der Waals surface area contributed by atoms with Crippen molar-refractivity contribution in [3.05, 3.63) is 29.3 Å². The molecule has 0 aromatic heterocycles. The van der Waals surface area contributed by atoms with Gasteiger partial charge in [-0.2, -0.15) is 0 Å². The Morgan fingerprint density at radius 1 is 1.57 bits per heavy atom. The third kappa shape index (κ3) is 1.74. The standard InChI is InChI=1S/C11H15NO2/c1-2-14-9-4-3-8-6-13-7-11(12)10(8)5-9/h3-5,11H,2,6-7,12H2,1H3/t11-/m1/s1. The Balaban J connectivity index is 2.31. The topological polar surface area (TPSA) is 44.5 Å². The van der Waals surface area contributed by atoms with Gasteiger partial charge < -0.3 is 15.2 Å². The van der Waals surface area contributed by atoms with Gasteiger partial charge in [-0.15, -0.1) is 0 Å². The summed E-state index contributed by atoms with van der Waals surface area (Å²) in [6, 6.07) is 5.99. The van der Waals surface area contributed by atoms with Crippen molar-refractivity contribution in [2.75, 3.05) is 13.2 Å². The van der Waals surface area contributed by atoms with Crippen LogP contribution in [0.2, 0.25) is 0 Å². The summed E-state index contributed by atoms with van der Waals surface area (Å²) in [6.07, 6.45) is 0. The van der Waals surface area contributed by atoms with Crippen LogP contribution in [0, 0.1) is 0 Å². The van der Waals surface area contributed by atoms with Gasteiger partial charge in [0.25, 0.3) is 0 Å². The van der Waals surface area contributed by atoms with Crippen LogP contribution in [-0.4, -0.2) is 13.2 Å². The van der Waals surface area contributed by atoms with E-state index in [1.807, 2.05) is 25.1 Å². The highest BCUT2D eigenvalue weighted by molar-refractivity contribution is 5.38. The average molecular weight is 193 g/mol. The first-order valence-electron chi connectivity index (χ1n) is 4.90. The number of ether oxygens (including phenoxy) is 2. The van der Waals surface area contributed by atoms with E-state index in [0.29, 0.717) is 19.8 Å². The van der Waals surface area contributed by atoms with Gasteiger partial charge in [0.15, 0.2) is 0 Å². The van der Waals surface area contributed by atoms with E-state index >= 15 is 0 Å². The molecular formula is C11H15NO2. The number of nitrogens with two attached hydrogens (primary N) is 1. The normalized spacial score (nSPS) is 20.3. The number of hydrogen-bond donors (Lipinski definition) is 1. The minimum Gasteiger partial charge on any atom is -0.494 e. The van der Waals surface area contributed by atoms with Gasteiger partial charge in [-0.3, -0.25) is 0 Å². The van der Waals surface area contributed by atoms with Crippen LogP contribution in [0.1, 0.15) is 24.1 Å². The largest absolute Gasteiger partial charge is 0.494 e. The second-order valence-electron chi connectivity index (χ2n) is 3.42. The first-order chi connectivity index (χ1) is 6.81. The summed E-state index contributed by atoms with van der Waals surface area (Å²) in [5.41, 5.74) is 8.26. The first-order valence-corrected chi connectivity index (χ1v) is 4.90. The fourth-order valence-corrected chi connectivity index (χ4v) is 1.69. The highest BCUT2D eigenvalue weighted by Gasteiger charge is 2.17. The number of rotatable bonds is 2. The summed E-state index contributed by atoms with van der Waals surface area (Å²) in [6.45, 7) is 3.92. The third-order valence-electron chi connectivity index (χ3n) is 2.38. The van der Waals surface area contributed by atoms with Gasteiger partial charge in [-0.1, -0.05) is 6.07 Å². The average Bonchev–Trinajstić information content (AvgIpc) is 2.20. The lowest BCUT2D eigenvalue weighted by Crippen LogP contribution is -2.23. The van der Waals surface area contributed by atoms with Crippen molar-refractivity contribution in [2.45, 2.75) is 19.6 Å². The monoisotopic (exact) mass is 193 g/mol. The molecule has 1 aromatic carbocycles. The SMILES string of the molecule is CCOc1ccc2c(c1)[C@H](N)COC2. The summed E-state index contributed by atoms with van der Waals surface area (Å²) < 4.78 is 10.8. The minimum absolute atomic E-state index is 0.0147. The molecule has 0 amide bonds. The molecule has 0 spiro atoms. The molecule has 1 aliphatic heterocycles. The molecule has 14 heavy (non-hydrogen) atoms. The fraction of sp³-hybridized carbons (Fsp3) is 0.455. The molecule has 0 unspecified atom stereocenters. The van der Waals surface area contributed by atoms with Crippen LogP contribution in [0.5, 0.6) is 5.75 Å². The Morgan fingerprint density at radius 2 is 2.43 bits per heavy atom. The summed E-state index contributed by atoms with van der Waals surface area (Å²) in [4.78, 5) is 0. The lowest BCUT2D eigenvalue weighted by molar-refractivity contribution is 0.0922. The van der Waals surface area contributed by atoms with E-state index in [1.54, 1.807) is 0 Å². The van der Waals surface area contributed by atoms with E-state index in [1.165, 1.54) is 5.56 Å². The third-order valence-corrected chi connectivity index (χ3v) is 2.38. The van der Waals surface area contributed by atoms with Gasteiger partial charge in [-0.05, 0) is 30.2 Å². The van der Waals surface area contributed by atoms with Crippen molar-refractivity contribution in [1.82, 2.24) is 0 Å². The van der Waals surface area contributed by atoms with Gasteiger partial charge >= 0.3 is 0 Å². The predicted molar refractivity (Wildman–Crippen MR) is 54.2 cm³/mol. The second kappa shape index (κ2) is 3.98. The highest BCUT2D eigenvalue weighted by atomic mass is 16.5. The smallest absolute Gasteiger partial charge is 0.119 e. The highest BCUT2D eigenvalue weighted by Crippen LogP contribution is 2.26. The second-order valence-corrected chi connectivity index (χ2v) is 3.42. The molecule has 0 fully saturated rings. The van der Waals surface area contributed by atoms with Gasteiger partial charge in [0.2, 0.25) is 0 Å². The van der Waals surface area contributed by atoms with E-state index in [2.05, 4.69) is 0 Å². The Hall–Kier alpha value is -1.06. The minimum atomic E-state index is -0.0147.